The smallest absolute Gasteiger partial charge is 0.265 e. The minimum atomic E-state index is 0.152. The van der Waals surface area contributed by atoms with Crippen LogP contribution in [0.1, 0.15) is 29.4 Å². The summed E-state index contributed by atoms with van der Waals surface area (Å²) in [5.41, 5.74) is 1.71. The molecule has 0 bridgehead atoms. The molecule has 0 atom stereocenters. The van der Waals surface area contributed by atoms with Crippen molar-refractivity contribution in [3.05, 3.63) is 16.6 Å². The molecule has 1 amide bonds. The Bertz CT molecular complexity index is 302. The second kappa shape index (κ2) is 4.09. The lowest BCUT2D eigenvalue weighted by Crippen LogP contribution is -2.37. The van der Waals surface area contributed by atoms with E-state index in [0.717, 1.165) is 36.7 Å². The third-order valence-corrected chi connectivity index (χ3v) is 3.48. The van der Waals surface area contributed by atoms with Crippen molar-refractivity contribution in [2.24, 2.45) is 5.92 Å². The standard InChI is InChI=1S/C10H14N2OS/c1-8-2-4-12(5-3-8)10(13)9-6-11-7-14-9/h6-8H,2-5H2,1H3. The lowest BCUT2D eigenvalue weighted by molar-refractivity contribution is 0.0702. The van der Waals surface area contributed by atoms with Gasteiger partial charge in [-0.1, -0.05) is 6.92 Å². The Morgan fingerprint density at radius 1 is 1.57 bits per heavy atom. The normalized spacial score (nSPS) is 18.5. The molecular formula is C10H14N2OS. The summed E-state index contributed by atoms with van der Waals surface area (Å²) >= 11 is 1.42. The van der Waals surface area contributed by atoms with Crippen LogP contribution >= 0.6 is 11.3 Å². The number of piperidine rings is 1. The number of hydrogen-bond acceptors (Lipinski definition) is 3. The average molecular weight is 210 g/mol. The summed E-state index contributed by atoms with van der Waals surface area (Å²) in [7, 11) is 0. The minimum Gasteiger partial charge on any atom is -0.338 e. The fourth-order valence-corrected chi connectivity index (χ4v) is 2.28. The molecule has 4 heteroatoms. The lowest BCUT2D eigenvalue weighted by atomic mass is 9.99. The van der Waals surface area contributed by atoms with Crippen LogP contribution in [0.2, 0.25) is 0 Å². The molecule has 0 radical (unpaired) electrons. The predicted molar refractivity (Wildman–Crippen MR) is 56.4 cm³/mol. The zero-order valence-corrected chi connectivity index (χ0v) is 9.09. The molecule has 1 aromatic heterocycles. The Morgan fingerprint density at radius 2 is 2.29 bits per heavy atom. The van der Waals surface area contributed by atoms with E-state index in [1.165, 1.54) is 11.3 Å². The van der Waals surface area contributed by atoms with Gasteiger partial charge in [-0.15, -0.1) is 11.3 Å². The number of amides is 1. The number of carbonyl (C=O) groups is 1. The van der Waals surface area contributed by atoms with Gasteiger partial charge in [-0.3, -0.25) is 9.78 Å². The molecule has 76 valence electrons. The molecule has 1 fully saturated rings. The van der Waals surface area contributed by atoms with Gasteiger partial charge in [0.25, 0.3) is 5.91 Å². The van der Waals surface area contributed by atoms with Crippen LogP contribution in [0, 0.1) is 5.92 Å². The topological polar surface area (TPSA) is 33.2 Å². The van der Waals surface area contributed by atoms with E-state index in [1.807, 2.05) is 4.90 Å². The summed E-state index contributed by atoms with van der Waals surface area (Å²) in [4.78, 5) is 18.5. The molecule has 3 nitrogen and oxygen atoms in total. The van der Waals surface area contributed by atoms with Gasteiger partial charge in [-0.05, 0) is 18.8 Å². The fourth-order valence-electron chi connectivity index (χ4n) is 1.69. The zero-order valence-electron chi connectivity index (χ0n) is 8.27. The molecule has 0 saturated carbocycles. The largest absolute Gasteiger partial charge is 0.338 e. The van der Waals surface area contributed by atoms with Crippen LogP contribution in [0.25, 0.3) is 0 Å². The molecule has 2 rings (SSSR count). The number of nitrogens with zero attached hydrogens (tertiary/aromatic N) is 2. The highest BCUT2D eigenvalue weighted by molar-refractivity contribution is 7.11. The lowest BCUT2D eigenvalue weighted by Gasteiger charge is -2.29. The van der Waals surface area contributed by atoms with Gasteiger partial charge < -0.3 is 4.90 Å². The van der Waals surface area contributed by atoms with Gasteiger partial charge in [0.05, 0.1) is 11.7 Å². The molecule has 1 aliphatic heterocycles. The molecule has 0 spiro atoms. The quantitative estimate of drug-likeness (QED) is 0.710. The summed E-state index contributed by atoms with van der Waals surface area (Å²) in [6, 6.07) is 0. The Balaban J connectivity index is 1.99. The molecule has 1 aliphatic rings. The zero-order chi connectivity index (χ0) is 9.97. The molecule has 0 N–H and O–H groups in total. The van der Waals surface area contributed by atoms with Crippen molar-refractivity contribution in [1.82, 2.24) is 9.88 Å². The molecular weight excluding hydrogens is 196 g/mol. The van der Waals surface area contributed by atoms with Crippen molar-refractivity contribution in [2.75, 3.05) is 13.1 Å². The third kappa shape index (κ3) is 1.95. The van der Waals surface area contributed by atoms with Crippen molar-refractivity contribution in [1.29, 1.82) is 0 Å². The first kappa shape index (κ1) is 9.65. The maximum atomic E-state index is 11.9. The van der Waals surface area contributed by atoms with Crippen molar-refractivity contribution < 1.29 is 4.79 Å². The molecule has 14 heavy (non-hydrogen) atoms. The Morgan fingerprint density at radius 3 is 2.86 bits per heavy atom. The van der Waals surface area contributed by atoms with Crippen LogP contribution < -0.4 is 0 Å². The van der Waals surface area contributed by atoms with Crippen LogP contribution in [0.5, 0.6) is 0 Å². The second-order valence-electron chi connectivity index (χ2n) is 3.84. The van der Waals surface area contributed by atoms with Gasteiger partial charge in [-0.2, -0.15) is 0 Å². The van der Waals surface area contributed by atoms with E-state index in [2.05, 4.69) is 11.9 Å². The van der Waals surface area contributed by atoms with Crippen molar-refractivity contribution in [3.8, 4) is 0 Å². The Labute approximate surface area is 87.8 Å². The van der Waals surface area contributed by atoms with Gasteiger partial charge >= 0.3 is 0 Å². The highest BCUT2D eigenvalue weighted by Gasteiger charge is 2.21. The summed E-state index contributed by atoms with van der Waals surface area (Å²) in [6.45, 7) is 4.05. The van der Waals surface area contributed by atoms with Gasteiger partial charge in [0, 0.05) is 13.1 Å². The van der Waals surface area contributed by atoms with Gasteiger partial charge in [0.15, 0.2) is 0 Å². The third-order valence-electron chi connectivity index (χ3n) is 2.71. The fraction of sp³-hybridized carbons (Fsp3) is 0.600. The maximum Gasteiger partial charge on any atom is 0.265 e. The van der Waals surface area contributed by atoms with Crippen LogP contribution in [0.4, 0.5) is 0 Å². The molecule has 0 aromatic carbocycles. The molecule has 1 saturated heterocycles. The summed E-state index contributed by atoms with van der Waals surface area (Å²) in [6.07, 6.45) is 3.92. The number of rotatable bonds is 1. The first-order valence-electron chi connectivity index (χ1n) is 4.95. The van der Waals surface area contributed by atoms with E-state index in [1.54, 1.807) is 11.7 Å². The van der Waals surface area contributed by atoms with Gasteiger partial charge in [0.2, 0.25) is 0 Å². The number of hydrogen-bond donors (Lipinski definition) is 0. The van der Waals surface area contributed by atoms with E-state index in [4.69, 9.17) is 0 Å². The van der Waals surface area contributed by atoms with Crippen LogP contribution in [0.3, 0.4) is 0 Å². The summed E-state index contributed by atoms with van der Waals surface area (Å²) in [5, 5.41) is 0. The minimum absolute atomic E-state index is 0.152. The number of likely N-dealkylation sites (tertiary alicyclic amines) is 1. The SMILES string of the molecule is CC1CCN(C(=O)c2cncs2)CC1. The Hall–Kier alpha value is -0.900. The van der Waals surface area contributed by atoms with Crippen molar-refractivity contribution >= 4 is 17.2 Å². The van der Waals surface area contributed by atoms with E-state index in [9.17, 15) is 4.79 Å². The molecule has 0 aliphatic carbocycles. The predicted octanol–water partition coefficient (Wildman–Crippen LogP) is 2.02. The average Bonchev–Trinajstić information content (AvgIpc) is 2.71. The maximum absolute atomic E-state index is 11.9. The first-order valence-corrected chi connectivity index (χ1v) is 5.83. The van der Waals surface area contributed by atoms with E-state index < -0.39 is 0 Å². The second-order valence-corrected chi connectivity index (χ2v) is 4.73. The first-order chi connectivity index (χ1) is 6.77. The van der Waals surface area contributed by atoms with E-state index >= 15 is 0 Å². The summed E-state index contributed by atoms with van der Waals surface area (Å²) < 4.78 is 0. The molecule has 2 heterocycles. The van der Waals surface area contributed by atoms with Crippen LogP contribution in [-0.4, -0.2) is 28.9 Å². The Kier molecular flexibility index (Phi) is 2.82. The van der Waals surface area contributed by atoms with E-state index in [0.29, 0.717) is 0 Å². The molecule has 1 aromatic rings. The van der Waals surface area contributed by atoms with Crippen molar-refractivity contribution in [3.63, 3.8) is 0 Å². The number of thiazole rings is 1. The van der Waals surface area contributed by atoms with Gasteiger partial charge in [0.1, 0.15) is 4.88 Å². The molecule has 0 unspecified atom stereocenters. The van der Waals surface area contributed by atoms with Crippen LogP contribution in [-0.2, 0) is 0 Å². The van der Waals surface area contributed by atoms with Gasteiger partial charge in [-0.25, -0.2) is 0 Å². The summed E-state index contributed by atoms with van der Waals surface area (Å²) in [5.74, 6) is 0.917. The number of carbonyl (C=O) groups excluding carboxylic acids is 1. The number of aromatic nitrogens is 1. The monoisotopic (exact) mass is 210 g/mol. The highest BCUT2D eigenvalue weighted by Crippen LogP contribution is 2.19. The van der Waals surface area contributed by atoms with E-state index in [-0.39, 0.29) is 5.91 Å². The highest BCUT2D eigenvalue weighted by atomic mass is 32.1. The van der Waals surface area contributed by atoms with Crippen LogP contribution in [0.15, 0.2) is 11.7 Å². The van der Waals surface area contributed by atoms with Crippen molar-refractivity contribution in [2.45, 2.75) is 19.8 Å².